The van der Waals surface area contributed by atoms with E-state index in [4.69, 9.17) is 10.5 Å². The van der Waals surface area contributed by atoms with E-state index in [1.54, 1.807) is 0 Å². The van der Waals surface area contributed by atoms with Crippen molar-refractivity contribution in [2.24, 2.45) is 0 Å². The Bertz CT molecular complexity index is 400. The summed E-state index contributed by atoms with van der Waals surface area (Å²) in [7, 11) is -1.04. The number of rotatable bonds is 2. The number of nitrogen functional groups attached to an aromatic ring is 1. The summed E-state index contributed by atoms with van der Waals surface area (Å²) in [5, 5.41) is 0.0952. The van der Waals surface area contributed by atoms with Crippen molar-refractivity contribution in [2.75, 3.05) is 18.9 Å². The molecule has 0 spiro atoms. The van der Waals surface area contributed by atoms with Gasteiger partial charge in [0.15, 0.2) is 0 Å². The fourth-order valence-electron chi connectivity index (χ4n) is 1.89. The van der Waals surface area contributed by atoms with Crippen molar-refractivity contribution in [2.45, 2.75) is 29.9 Å². The number of hydrogen-bond donors (Lipinski definition) is 1. The molecule has 1 aromatic carbocycles. The van der Waals surface area contributed by atoms with Crippen molar-refractivity contribution in [1.82, 2.24) is 0 Å². The molecule has 1 fully saturated rings. The van der Waals surface area contributed by atoms with Gasteiger partial charge in [-0.3, -0.25) is 4.21 Å². The van der Waals surface area contributed by atoms with E-state index in [1.165, 1.54) is 0 Å². The van der Waals surface area contributed by atoms with E-state index < -0.39 is 10.8 Å². The van der Waals surface area contributed by atoms with E-state index in [1.807, 2.05) is 25.1 Å². The van der Waals surface area contributed by atoms with Gasteiger partial charge >= 0.3 is 0 Å². The van der Waals surface area contributed by atoms with E-state index in [0.717, 1.165) is 29.9 Å². The van der Waals surface area contributed by atoms with E-state index in [9.17, 15) is 4.21 Å². The summed E-state index contributed by atoms with van der Waals surface area (Å²) >= 11 is 0. The average Bonchev–Trinajstić information content (AvgIpc) is 2.33. The molecule has 3 nitrogen and oxygen atoms in total. The number of nitrogens with two attached hydrogens (primary N) is 1. The minimum Gasteiger partial charge on any atom is -0.398 e. The van der Waals surface area contributed by atoms with Crippen LogP contribution in [0, 0.1) is 6.92 Å². The number of anilines is 1. The molecule has 0 saturated carbocycles. The quantitative estimate of drug-likeness (QED) is 0.801. The molecule has 0 aromatic heterocycles. The zero-order valence-electron chi connectivity index (χ0n) is 9.44. The van der Waals surface area contributed by atoms with Crippen molar-refractivity contribution in [3.05, 3.63) is 23.8 Å². The highest BCUT2D eigenvalue weighted by Crippen LogP contribution is 2.25. The Labute approximate surface area is 98.4 Å². The molecule has 88 valence electrons. The molecule has 2 atom stereocenters. The summed E-state index contributed by atoms with van der Waals surface area (Å²) in [6.45, 7) is 3.31. The second-order valence-corrected chi connectivity index (χ2v) is 5.82. The molecule has 2 N–H and O–H groups in total. The normalized spacial score (nSPS) is 22.9. The van der Waals surface area contributed by atoms with Gasteiger partial charge in [0.25, 0.3) is 0 Å². The minimum absolute atomic E-state index is 0.0952. The number of ether oxygens (including phenoxy) is 1. The SMILES string of the molecule is Cc1cccc(S(=O)C2CCCOC2)c1N. The monoisotopic (exact) mass is 239 g/mol. The standard InChI is InChI=1S/C12H17NO2S/c1-9-4-2-6-11(12(9)13)16(14)10-5-3-7-15-8-10/h2,4,6,10H,3,5,7-8,13H2,1H3. The lowest BCUT2D eigenvalue weighted by molar-refractivity contribution is 0.100. The first-order valence-corrected chi connectivity index (χ1v) is 6.75. The lowest BCUT2D eigenvalue weighted by atomic mass is 10.2. The Hall–Kier alpha value is -0.870. The van der Waals surface area contributed by atoms with Gasteiger partial charge < -0.3 is 10.5 Å². The summed E-state index contributed by atoms with van der Waals surface area (Å²) in [5.41, 5.74) is 7.60. The molecule has 1 aliphatic heterocycles. The zero-order valence-corrected chi connectivity index (χ0v) is 10.3. The van der Waals surface area contributed by atoms with Crippen LogP contribution in [0.25, 0.3) is 0 Å². The van der Waals surface area contributed by atoms with E-state index in [0.29, 0.717) is 12.3 Å². The first kappa shape index (κ1) is 11.6. The fraction of sp³-hybridized carbons (Fsp3) is 0.500. The maximum Gasteiger partial charge on any atom is 0.0630 e. The predicted octanol–water partition coefficient (Wildman–Crippen LogP) is 1.86. The van der Waals surface area contributed by atoms with Crippen LogP contribution in [0.2, 0.25) is 0 Å². The van der Waals surface area contributed by atoms with Crippen LogP contribution in [0.1, 0.15) is 18.4 Å². The molecule has 1 heterocycles. The second-order valence-electron chi connectivity index (χ2n) is 4.12. The summed E-state index contributed by atoms with van der Waals surface area (Å²) < 4.78 is 17.7. The summed E-state index contributed by atoms with van der Waals surface area (Å²) in [5.74, 6) is 0. The van der Waals surface area contributed by atoms with Crippen LogP contribution < -0.4 is 5.73 Å². The molecule has 1 aliphatic rings. The highest BCUT2D eigenvalue weighted by molar-refractivity contribution is 7.85. The highest BCUT2D eigenvalue weighted by Gasteiger charge is 2.23. The van der Waals surface area contributed by atoms with Crippen LogP contribution >= 0.6 is 0 Å². The first-order valence-electron chi connectivity index (χ1n) is 5.53. The third-order valence-corrected chi connectivity index (χ3v) is 4.69. The van der Waals surface area contributed by atoms with Crippen LogP contribution in [0.15, 0.2) is 23.1 Å². The van der Waals surface area contributed by atoms with Crippen molar-refractivity contribution in [3.63, 3.8) is 0 Å². The molecule has 0 aliphatic carbocycles. The van der Waals surface area contributed by atoms with Crippen molar-refractivity contribution < 1.29 is 8.95 Å². The van der Waals surface area contributed by atoms with E-state index in [-0.39, 0.29) is 5.25 Å². The lowest BCUT2D eigenvalue weighted by Gasteiger charge is -2.22. The molecule has 16 heavy (non-hydrogen) atoms. The topological polar surface area (TPSA) is 52.3 Å². The Morgan fingerprint density at radius 2 is 2.31 bits per heavy atom. The molecule has 0 amide bonds. The number of para-hydroxylation sites is 1. The second kappa shape index (κ2) is 4.97. The summed E-state index contributed by atoms with van der Waals surface area (Å²) in [4.78, 5) is 0.760. The molecular formula is C12H17NO2S. The Balaban J connectivity index is 2.22. The highest BCUT2D eigenvalue weighted by atomic mass is 32.2. The first-order chi connectivity index (χ1) is 7.70. The molecule has 0 radical (unpaired) electrons. The number of aryl methyl sites for hydroxylation is 1. The smallest absolute Gasteiger partial charge is 0.0630 e. The molecule has 2 rings (SSSR count). The Morgan fingerprint density at radius 3 is 3.00 bits per heavy atom. The van der Waals surface area contributed by atoms with Crippen LogP contribution in [-0.4, -0.2) is 22.7 Å². The van der Waals surface area contributed by atoms with Crippen LogP contribution in [0.5, 0.6) is 0 Å². The van der Waals surface area contributed by atoms with E-state index >= 15 is 0 Å². The third-order valence-electron chi connectivity index (χ3n) is 2.92. The van der Waals surface area contributed by atoms with Crippen LogP contribution in [0.3, 0.4) is 0 Å². The van der Waals surface area contributed by atoms with Gasteiger partial charge in [-0.1, -0.05) is 12.1 Å². The van der Waals surface area contributed by atoms with Gasteiger partial charge in [-0.15, -0.1) is 0 Å². The molecule has 0 bridgehead atoms. The van der Waals surface area contributed by atoms with Gasteiger partial charge in [-0.05, 0) is 31.4 Å². The largest absolute Gasteiger partial charge is 0.398 e. The van der Waals surface area contributed by atoms with Crippen LogP contribution in [-0.2, 0) is 15.5 Å². The summed E-state index contributed by atoms with van der Waals surface area (Å²) in [6, 6.07) is 5.70. The zero-order chi connectivity index (χ0) is 11.5. The van der Waals surface area contributed by atoms with Crippen molar-refractivity contribution in [3.8, 4) is 0 Å². The fourth-order valence-corrected chi connectivity index (χ4v) is 3.44. The average molecular weight is 239 g/mol. The number of hydrogen-bond acceptors (Lipinski definition) is 3. The van der Waals surface area contributed by atoms with Gasteiger partial charge in [0.1, 0.15) is 0 Å². The molecule has 2 unspecified atom stereocenters. The van der Waals surface area contributed by atoms with Gasteiger partial charge in [-0.25, -0.2) is 0 Å². The molecular weight excluding hydrogens is 222 g/mol. The molecule has 1 aromatic rings. The summed E-state index contributed by atoms with van der Waals surface area (Å²) in [6.07, 6.45) is 1.95. The molecule has 1 saturated heterocycles. The maximum atomic E-state index is 12.3. The van der Waals surface area contributed by atoms with Gasteiger partial charge in [-0.2, -0.15) is 0 Å². The van der Waals surface area contributed by atoms with Crippen LogP contribution in [0.4, 0.5) is 5.69 Å². The third kappa shape index (κ3) is 2.28. The Kier molecular flexibility index (Phi) is 3.61. The minimum atomic E-state index is -1.04. The molecule has 4 heteroatoms. The van der Waals surface area contributed by atoms with Gasteiger partial charge in [0, 0.05) is 6.61 Å². The Morgan fingerprint density at radius 1 is 1.50 bits per heavy atom. The maximum absolute atomic E-state index is 12.3. The van der Waals surface area contributed by atoms with Crippen molar-refractivity contribution in [1.29, 1.82) is 0 Å². The van der Waals surface area contributed by atoms with Gasteiger partial charge in [0.2, 0.25) is 0 Å². The number of benzene rings is 1. The lowest BCUT2D eigenvalue weighted by Crippen LogP contribution is -2.27. The van der Waals surface area contributed by atoms with E-state index in [2.05, 4.69) is 0 Å². The predicted molar refractivity (Wildman–Crippen MR) is 65.8 cm³/mol. The van der Waals surface area contributed by atoms with Crippen molar-refractivity contribution >= 4 is 16.5 Å². The van der Waals surface area contributed by atoms with Gasteiger partial charge in [0.05, 0.1) is 33.2 Å².